The Morgan fingerprint density at radius 2 is 1.79 bits per heavy atom. The van der Waals surface area contributed by atoms with Gasteiger partial charge in [0.25, 0.3) is 5.56 Å². The van der Waals surface area contributed by atoms with Crippen LogP contribution in [-0.4, -0.2) is 32.3 Å². The summed E-state index contributed by atoms with van der Waals surface area (Å²) in [7, 11) is 0. The Morgan fingerprint density at radius 3 is 2.50 bits per heavy atom. The average molecular weight is 378 g/mol. The number of pyridine rings is 1. The van der Waals surface area contributed by atoms with E-state index in [1.807, 2.05) is 35.0 Å². The first kappa shape index (κ1) is 17.6. The molecule has 0 aliphatic heterocycles. The summed E-state index contributed by atoms with van der Waals surface area (Å²) < 4.78 is 1.86. The molecule has 2 aliphatic carbocycles. The molecule has 2 saturated carbocycles. The largest absolute Gasteiger partial charge is 0.393 e. The second-order valence-corrected chi connectivity index (χ2v) is 8.29. The van der Waals surface area contributed by atoms with Crippen molar-refractivity contribution in [1.29, 1.82) is 0 Å². The summed E-state index contributed by atoms with van der Waals surface area (Å²) in [4.78, 5) is 22.7. The maximum atomic E-state index is 13.4. The fourth-order valence-electron chi connectivity index (χ4n) is 4.55. The predicted octanol–water partition coefficient (Wildman–Crippen LogP) is 3.63. The molecule has 0 bridgehead atoms. The molecular formula is C22H26N4O2. The summed E-state index contributed by atoms with van der Waals surface area (Å²) in [5.41, 5.74) is 0.712. The highest BCUT2D eigenvalue weighted by atomic mass is 16.3. The average Bonchev–Trinajstić information content (AvgIpc) is 2.68. The van der Waals surface area contributed by atoms with Gasteiger partial charge in [0.15, 0.2) is 0 Å². The Hall–Kier alpha value is -2.47. The van der Waals surface area contributed by atoms with Gasteiger partial charge in [0, 0.05) is 29.6 Å². The number of rotatable bonds is 4. The van der Waals surface area contributed by atoms with Crippen molar-refractivity contribution in [1.82, 2.24) is 14.5 Å². The van der Waals surface area contributed by atoms with Crippen LogP contribution in [0.2, 0.25) is 0 Å². The van der Waals surface area contributed by atoms with E-state index in [0.717, 1.165) is 43.0 Å². The van der Waals surface area contributed by atoms with Crippen molar-refractivity contribution < 1.29 is 5.11 Å². The lowest BCUT2D eigenvalue weighted by molar-refractivity contribution is 0.111. The molecule has 0 saturated heterocycles. The number of benzene rings is 1. The van der Waals surface area contributed by atoms with Gasteiger partial charge in [-0.05, 0) is 55.9 Å². The number of hydrogen-bond acceptors (Lipinski definition) is 5. The maximum Gasteiger partial charge on any atom is 0.260 e. The highest BCUT2D eigenvalue weighted by molar-refractivity contribution is 6.04. The minimum absolute atomic E-state index is 0.00753. The Balaban J connectivity index is 1.64. The Labute approximate surface area is 163 Å². The van der Waals surface area contributed by atoms with E-state index < -0.39 is 0 Å². The number of aliphatic hydroxyl groups is 1. The molecule has 0 atom stereocenters. The first-order valence-corrected chi connectivity index (χ1v) is 10.4. The summed E-state index contributed by atoms with van der Waals surface area (Å²) in [5, 5.41) is 15.8. The molecule has 5 rings (SSSR count). The van der Waals surface area contributed by atoms with Crippen LogP contribution in [0.25, 0.3) is 21.8 Å². The van der Waals surface area contributed by atoms with Crippen LogP contribution < -0.4 is 10.9 Å². The number of aliphatic hydroxyl groups excluding tert-OH is 1. The molecule has 0 radical (unpaired) electrons. The molecule has 2 aliphatic rings. The third kappa shape index (κ3) is 3.05. The number of nitrogens with zero attached hydrogens (tertiary/aromatic N) is 3. The molecule has 28 heavy (non-hydrogen) atoms. The first-order valence-electron chi connectivity index (χ1n) is 10.4. The fourth-order valence-corrected chi connectivity index (χ4v) is 4.55. The van der Waals surface area contributed by atoms with Crippen LogP contribution in [0, 0.1) is 5.92 Å². The van der Waals surface area contributed by atoms with E-state index >= 15 is 0 Å². The molecule has 2 N–H and O–H groups in total. The topological polar surface area (TPSA) is 80.0 Å². The number of hydrogen-bond donors (Lipinski definition) is 2. The molecule has 2 fully saturated rings. The van der Waals surface area contributed by atoms with E-state index in [9.17, 15) is 9.90 Å². The third-order valence-corrected chi connectivity index (χ3v) is 6.47. The molecule has 0 spiro atoms. The molecule has 3 aromatic rings. The molecule has 6 nitrogen and oxygen atoms in total. The van der Waals surface area contributed by atoms with Crippen molar-refractivity contribution in [3.8, 4) is 0 Å². The van der Waals surface area contributed by atoms with Crippen LogP contribution in [0.4, 0.5) is 5.95 Å². The van der Waals surface area contributed by atoms with Crippen LogP contribution in [0.5, 0.6) is 0 Å². The van der Waals surface area contributed by atoms with Crippen molar-refractivity contribution in [2.24, 2.45) is 5.92 Å². The van der Waals surface area contributed by atoms with Gasteiger partial charge < -0.3 is 10.4 Å². The standard InChI is InChI=1S/C22H26N4O2/c27-16-10-8-15(9-11-16)26-20-19(17-6-1-2-7-18(17)21(26)28)13-24-22(25-20)23-12-14-4-3-5-14/h1-2,6-7,13-16,27H,3-5,8-12H2,(H,23,24,25). The Morgan fingerprint density at radius 1 is 1.04 bits per heavy atom. The van der Waals surface area contributed by atoms with E-state index in [4.69, 9.17) is 4.98 Å². The van der Waals surface area contributed by atoms with Gasteiger partial charge in [0.2, 0.25) is 5.95 Å². The predicted molar refractivity (Wildman–Crippen MR) is 111 cm³/mol. The highest BCUT2D eigenvalue weighted by Gasteiger charge is 2.25. The summed E-state index contributed by atoms with van der Waals surface area (Å²) in [6, 6.07) is 7.77. The van der Waals surface area contributed by atoms with E-state index in [0.29, 0.717) is 22.9 Å². The molecule has 146 valence electrons. The fraction of sp³-hybridized carbons (Fsp3) is 0.500. The van der Waals surface area contributed by atoms with E-state index in [1.54, 1.807) is 0 Å². The monoisotopic (exact) mass is 378 g/mol. The lowest BCUT2D eigenvalue weighted by atomic mass is 9.85. The van der Waals surface area contributed by atoms with Gasteiger partial charge >= 0.3 is 0 Å². The van der Waals surface area contributed by atoms with Crippen LogP contribution in [0.3, 0.4) is 0 Å². The van der Waals surface area contributed by atoms with E-state index in [-0.39, 0.29) is 17.7 Å². The van der Waals surface area contributed by atoms with Crippen molar-refractivity contribution in [2.75, 3.05) is 11.9 Å². The third-order valence-electron chi connectivity index (χ3n) is 6.47. The highest BCUT2D eigenvalue weighted by Crippen LogP contribution is 2.32. The lowest BCUT2D eigenvalue weighted by Gasteiger charge is -2.28. The normalized spacial score (nSPS) is 23.0. The molecule has 1 aromatic carbocycles. The summed E-state index contributed by atoms with van der Waals surface area (Å²) >= 11 is 0. The second-order valence-electron chi connectivity index (χ2n) is 8.29. The molecule has 6 heteroatoms. The molecule has 2 aromatic heterocycles. The number of aromatic nitrogens is 3. The van der Waals surface area contributed by atoms with Gasteiger partial charge in [-0.2, -0.15) is 4.98 Å². The van der Waals surface area contributed by atoms with Gasteiger partial charge in [0.1, 0.15) is 5.65 Å². The number of nitrogens with one attached hydrogen (secondary N) is 1. The zero-order chi connectivity index (χ0) is 19.1. The zero-order valence-corrected chi connectivity index (χ0v) is 16.0. The Kier molecular flexibility index (Phi) is 4.51. The first-order chi connectivity index (χ1) is 13.7. The number of fused-ring (bicyclic) bond motifs is 3. The van der Waals surface area contributed by atoms with Gasteiger partial charge in [-0.1, -0.05) is 24.6 Å². The SMILES string of the molecule is O=c1c2ccccc2c2cnc(NCC3CCC3)nc2n1C1CCC(O)CC1. The maximum absolute atomic E-state index is 13.4. The quantitative estimate of drug-likeness (QED) is 0.678. The Bertz CT molecular complexity index is 1070. The van der Waals surface area contributed by atoms with E-state index in [1.165, 1.54) is 19.3 Å². The van der Waals surface area contributed by atoms with Crippen LogP contribution in [0.1, 0.15) is 51.0 Å². The molecule has 0 amide bonds. The van der Waals surface area contributed by atoms with E-state index in [2.05, 4.69) is 10.3 Å². The molecule has 0 unspecified atom stereocenters. The summed E-state index contributed by atoms with van der Waals surface area (Å²) in [6.45, 7) is 0.888. The summed E-state index contributed by atoms with van der Waals surface area (Å²) in [5.74, 6) is 1.30. The van der Waals surface area contributed by atoms with Crippen LogP contribution in [-0.2, 0) is 0 Å². The van der Waals surface area contributed by atoms with Gasteiger partial charge in [0.05, 0.1) is 6.10 Å². The van der Waals surface area contributed by atoms with Crippen molar-refractivity contribution in [3.05, 3.63) is 40.8 Å². The minimum Gasteiger partial charge on any atom is -0.393 e. The lowest BCUT2D eigenvalue weighted by Crippen LogP contribution is -2.30. The van der Waals surface area contributed by atoms with Gasteiger partial charge in [-0.15, -0.1) is 0 Å². The smallest absolute Gasteiger partial charge is 0.260 e. The van der Waals surface area contributed by atoms with Gasteiger partial charge in [-0.3, -0.25) is 9.36 Å². The van der Waals surface area contributed by atoms with Crippen molar-refractivity contribution in [3.63, 3.8) is 0 Å². The molecule has 2 heterocycles. The number of anilines is 1. The van der Waals surface area contributed by atoms with Crippen LogP contribution >= 0.6 is 0 Å². The van der Waals surface area contributed by atoms with Crippen LogP contribution in [0.15, 0.2) is 35.3 Å². The van der Waals surface area contributed by atoms with Crippen molar-refractivity contribution in [2.45, 2.75) is 57.1 Å². The molecular weight excluding hydrogens is 352 g/mol. The zero-order valence-electron chi connectivity index (χ0n) is 16.0. The van der Waals surface area contributed by atoms with Crippen molar-refractivity contribution >= 4 is 27.8 Å². The second kappa shape index (κ2) is 7.17. The minimum atomic E-state index is -0.256. The summed E-state index contributed by atoms with van der Waals surface area (Å²) in [6.07, 6.45) is 8.47. The van der Waals surface area contributed by atoms with Gasteiger partial charge in [-0.25, -0.2) is 4.98 Å².